The van der Waals surface area contributed by atoms with Crippen molar-refractivity contribution in [3.05, 3.63) is 11.6 Å². The molecule has 0 aromatic carbocycles. The fraction of sp³-hybridized carbons (Fsp3) is 0.826. The van der Waals surface area contributed by atoms with Gasteiger partial charge in [0, 0.05) is 13.3 Å². The number of hydrogen-bond donors (Lipinski definition) is 0. The van der Waals surface area contributed by atoms with Crippen molar-refractivity contribution in [3.63, 3.8) is 0 Å². The Balaban J connectivity index is 1.40. The molecule has 1 saturated heterocycles. The van der Waals surface area contributed by atoms with Crippen LogP contribution in [0.15, 0.2) is 11.6 Å². The van der Waals surface area contributed by atoms with Crippen molar-refractivity contribution in [2.75, 3.05) is 6.61 Å². The van der Waals surface area contributed by atoms with Gasteiger partial charge in [0.15, 0.2) is 5.78 Å². The quantitative estimate of drug-likeness (QED) is 0.553. The number of rotatable bonds is 3. The minimum Gasteiger partial charge on any atom is -0.466 e. The van der Waals surface area contributed by atoms with E-state index in [0.29, 0.717) is 54.0 Å². The Labute approximate surface area is 162 Å². The van der Waals surface area contributed by atoms with Crippen LogP contribution in [-0.2, 0) is 19.1 Å². The highest BCUT2D eigenvalue weighted by molar-refractivity contribution is 5.92. The van der Waals surface area contributed by atoms with E-state index in [1.807, 2.05) is 6.08 Å². The third-order valence-corrected chi connectivity index (χ3v) is 9.20. The maximum Gasteiger partial charge on any atom is 0.302 e. The van der Waals surface area contributed by atoms with Gasteiger partial charge in [-0.1, -0.05) is 13.8 Å². The summed E-state index contributed by atoms with van der Waals surface area (Å²) in [6.07, 6.45) is 10.2. The van der Waals surface area contributed by atoms with E-state index >= 15 is 0 Å². The first-order chi connectivity index (χ1) is 12.8. The standard InChI is InChI=1S/C23H32O4/c1-13(24)26-11-8-14-4-5-16-19-17(7-10-22(14,16)2)23(3)9-6-15(25)12-18(23)20-21(19)27-20/h12,14,16-17,19-21H,4-11H2,1-3H3/t14-,16?,17?,19?,20+,21-,22-,23-/m1/s1. The van der Waals surface area contributed by atoms with Crippen molar-refractivity contribution < 1.29 is 19.1 Å². The number of ketones is 1. The average Bonchev–Trinajstić information content (AvgIpc) is 3.33. The SMILES string of the molecule is CC(=O)OCC[C@H]1CCC2C3C(CC[C@@]21C)[C@@]1(C)CCC(=O)C=C1[C@@H]1O[C@H]31. The maximum atomic E-state index is 12.0. The van der Waals surface area contributed by atoms with Crippen LogP contribution in [0.5, 0.6) is 0 Å². The molecule has 0 spiro atoms. The number of epoxide rings is 1. The summed E-state index contributed by atoms with van der Waals surface area (Å²) in [6, 6.07) is 0. The molecule has 3 saturated carbocycles. The van der Waals surface area contributed by atoms with E-state index in [2.05, 4.69) is 13.8 Å². The Kier molecular flexibility index (Phi) is 3.93. The molecule has 0 N–H and O–H groups in total. The zero-order chi connectivity index (χ0) is 19.0. The van der Waals surface area contributed by atoms with Gasteiger partial charge in [-0.15, -0.1) is 0 Å². The van der Waals surface area contributed by atoms with E-state index in [9.17, 15) is 9.59 Å². The summed E-state index contributed by atoms with van der Waals surface area (Å²) in [5.74, 6) is 2.79. The molecule has 27 heavy (non-hydrogen) atoms. The van der Waals surface area contributed by atoms with Crippen LogP contribution < -0.4 is 0 Å². The first-order valence-corrected chi connectivity index (χ1v) is 10.9. The molecule has 8 atom stereocenters. The molecule has 0 aromatic rings. The summed E-state index contributed by atoms with van der Waals surface area (Å²) in [5.41, 5.74) is 1.82. The first kappa shape index (κ1) is 17.9. The lowest BCUT2D eigenvalue weighted by molar-refractivity contribution is -0.141. The van der Waals surface area contributed by atoms with Gasteiger partial charge < -0.3 is 9.47 Å². The molecule has 5 rings (SSSR count). The summed E-state index contributed by atoms with van der Waals surface area (Å²) in [7, 11) is 0. The Morgan fingerprint density at radius 3 is 2.81 bits per heavy atom. The molecule has 4 aliphatic carbocycles. The summed E-state index contributed by atoms with van der Waals surface area (Å²) in [5, 5.41) is 0. The predicted molar refractivity (Wildman–Crippen MR) is 101 cm³/mol. The second-order valence-corrected chi connectivity index (χ2v) is 10.2. The lowest BCUT2D eigenvalue weighted by atomic mass is 9.47. The lowest BCUT2D eigenvalue weighted by Gasteiger charge is -2.56. The molecule has 4 heteroatoms. The van der Waals surface area contributed by atoms with Crippen LogP contribution in [0.1, 0.15) is 65.7 Å². The van der Waals surface area contributed by atoms with E-state index < -0.39 is 0 Å². The van der Waals surface area contributed by atoms with E-state index in [0.717, 1.165) is 12.8 Å². The molecule has 1 heterocycles. The molecule has 0 bridgehead atoms. The second-order valence-electron chi connectivity index (χ2n) is 10.2. The number of ether oxygens (including phenoxy) is 2. The number of carbonyl (C=O) groups is 2. The van der Waals surface area contributed by atoms with Gasteiger partial charge in [0.25, 0.3) is 0 Å². The third-order valence-electron chi connectivity index (χ3n) is 9.20. The second kappa shape index (κ2) is 5.92. The van der Waals surface area contributed by atoms with Crippen LogP contribution in [0.4, 0.5) is 0 Å². The molecule has 1 aliphatic heterocycles. The van der Waals surface area contributed by atoms with E-state index in [4.69, 9.17) is 9.47 Å². The molecule has 4 fully saturated rings. The third kappa shape index (κ3) is 2.51. The van der Waals surface area contributed by atoms with Gasteiger partial charge in [0.2, 0.25) is 0 Å². The number of fused-ring (bicyclic) bond motifs is 8. The molecule has 4 nitrogen and oxygen atoms in total. The zero-order valence-electron chi connectivity index (χ0n) is 16.8. The number of hydrogen-bond acceptors (Lipinski definition) is 4. The van der Waals surface area contributed by atoms with E-state index in [-0.39, 0.29) is 17.5 Å². The Bertz CT molecular complexity index is 711. The van der Waals surface area contributed by atoms with Gasteiger partial charge in [-0.05, 0) is 84.7 Å². The zero-order valence-corrected chi connectivity index (χ0v) is 16.8. The Morgan fingerprint density at radius 2 is 2.04 bits per heavy atom. The summed E-state index contributed by atoms with van der Waals surface area (Å²) >= 11 is 0. The molecule has 0 amide bonds. The minimum absolute atomic E-state index is 0.160. The minimum atomic E-state index is -0.168. The molecular weight excluding hydrogens is 340 g/mol. The van der Waals surface area contributed by atoms with Crippen molar-refractivity contribution in [1.82, 2.24) is 0 Å². The van der Waals surface area contributed by atoms with Crippen LogP contribution in [0, 0.1) is 34.5 Å². The van der Waals surface area contributed by atoms with Crippen molar-refractivity contribution in [3.8, 4) is 0 Å². The van der Waals surface area contributed by atoms with Gasteiger partial charge >= 0.3 is 5.97 Å². The molecule has 148 valence electrons. The average molecular weight is 373 g/mol. The van der Waals surface area contributed by atoms with Crippen LogP contribution in [-0.4, -0.2) is 30.6 Å². The number of esters is 1. The predicted octanol–water partition coefficient (Wildman–Crippen LogP) is 4.07. The van der Waals surface area contributed by atoms with Gasteiger partial charge in [-0.3, -0.25) is 9.59 Å². The van der Waals surface area contributed by atoms with Crippen molar-refractivity contribution in [2.45, 2.75) is 77.9 Å². The highest BCUT2D eigenvalue weighted by Gasteiger charge is 2.68. The topological polar surface area (TPSA) is 55.9 Å². The van der Waals surface area contributed by atoms with Crippen LogP contribution >= 0.6 is 0 Å². The first-order valence-electron chi connectivity index (χ1n) is 10.9. The Hall–Kier alpha value is -1.16. The van der Waals surface area contributed by atoms with Gasteiger partial charge in [-0.2, -0.15) is 0 Å². The van der Waals surface area contributed by atoms with E-state index in [1.165, 1.54) is 38.2 Å². The van der Waals surface area contributed by atoms with Crippen molar-refractivity contribution in [1.29, 1.82) is 0 Å². The smallest absolute Gasteiger partial charge is 0.302 e. The normalized spacial score (nSPS) is 50.0. The molecular formula is C23H32O4. The van der Waals surface area contributed by atoms with Gasteiger partial charge in [0.1, 0.15) is 6.10 Å². The summed E-state index contributed by atoms with van der Waals surface area (Å²) < 4.78 is 11.5. The maximum absolute atomic E-state index is 12.0. The largest absolute Gasteiger partial charge is 0.466 e. The van der Waals surface area contributed by atoms with Crippen molar-refractivity contribution >= 4 is 11.8 Å². The fourth-order valence-electron chi connectivity index (χ4n) is 7.74. The molecule has 0 radical (unpaired) electrons. The highest BCUT2D eigenvalue weighted by Crippen LogP contribution is 2.70. The van der Waals surface area contributed by atoms with Gasteiger partial charge in [0.05, 0.1) is 12.7 Å². The molecule has 5 aliphatic rings. The fourth-order valence-corrected chi connectivity index (χ4v) is 7.74. The van der Waals surface area contributed by atoms with Crippen LogP contribution in [0.3, 0.4) is 0 Å². The van der Waals surface area contributed by atoms with E-state index in [1.54, 1.807) is 0 Å². The van der Waals surface area contributed by atoms with Crippen LogP contribution in [0.25, 0.3) is 0 Å². The molecule has 3 unspecified atom stereocenters. The lowest BCUT2D eigenvalue weighted by Crippen LogP contribution is -2.53. The Morgan fingerprint density at radius 1 is 1.22 bits per heavy atom. The highest BCUT2D eigenvalue weighted by atomic mass is 16.6. The van der Waals surface area contributed by atoms with Crippen LogP contribution in [0.2, 0.25) is 0 Å². The summed E-state index contributed by atoms with van der Waals surface area (Å²) in [6.45, 7) is 6.97. The van der Waals surface area contributed by atoms with Gasteiger partial charge in [-0.25, -0.2) is 0 Å². The summed E-state index contributed by atoms with van der Waals surface area (Å²) in [4.78, 5) is 23.2. The van der Waals surface area contributed by atoms with Crippen molar-refractivity contribution in [2.24, 2.45) is 34.5 Å². The number of carbonyl (C=O) groups excluding carboxylic acids is 2. The monoisotopic (exact) mass is 372 g/mol. The molecule has 0 aromatic heterocycles.